The number of rotatable bonds is 3. The van der Waals surface area contributed by atoms with Crippen molar-refractivity contribution in [1.29, 1.82) is 0 Å². The van der Waals surface area contributed by atoms with Gasteiger partial charge in [-0.1, -0.05) is 22.9 Å². The highest BCUT2D eigenvalue weighted by Crippen LogP contribution is 2.22. The third kappa shape index (κ3) is 2.77. The zero-order valence-corrected chi connectivity index (χ0v) is 11.0. The molecule has 2 N–H and O–H groups in total. The summed E-state index contributed by atoms with van der Waals surface area (Å²) in [5.74, 6) is -0.118. The van der Waals surface area contributed by atoms with Crippen molar-refractivity contribution in [2.75, 3.05) is 5.32 Å². The van der Waals surface area contributed by atoms with Crippen LogP contribution in [0.25, 0.3) is 0 Å². The third-order valence-corrected chi connectivity index (χ3v) is 3.03. The van der Waals surface area contributed by atoms with E-state index in [0.717, 1.165) is 22.1 Å². The largest absolute Gasteiger partial charge is 0.357 e. The van der Waals surface area contributed by atoms with Crippen molar-refractivity contribution in [1.82, 2.24) is 4.98 Å². The van der Waals surface area contributed by atoms with E-state index in [1.54, 1.807) is 18.3 Å². The van der Waals surface area contributed by atoms with Crippen LogP contribution in [0.15, 0.2) is 41.0 Å². The Morgan fingerprint density at radius 3 is 2.88 bits per heavy atom. The first-order valence-corrected chi connectivity index (χ1v) is 6.23. The summed E-state index contributed by atoms with van der Waals surface area (Å²) in [6.07, 6.45) is 2.61. The molecular weight excluding hydrogens is 280 g/mol. The van der Waals surface area contributed by atoms with Crippen LogP contribution in [0, 0.1) is 0 Å². The summed E-state index contributed by atoms with van der Waals surface area (Å²) in [5, 5.41) is 2.90. The van der Waals surface area contributed by atoms with Crippen LogP contribution in [0.4, 0.5) is 5.69 Å². The molecule has 0 unspecified atom stereocenters. The maximum absolute atomic E-state index is 11.9. The first-order valence-electron chi connectivity index (χ1n) is 5.44. The Kier molecular flexibility index (Phi) is 3.64. The summed E-state index contributed by atoms with van der Waals surface area (Å²) >= 11 is 3.42. The minimum Gasteiger partial charge on any atom is -0.357 e. The summed E-state index contributed by atoms with van der Waals surface area (Å²) in [5.41, 5.74) is 2.53. The van der Waals surface area contributed by atoms with E-state index in [9.17, 15) is 4.79 Å². The predicted molar refractivity (Wildman–Crippen MR) is 72.3 cm³/mol. The fourth-order valence-electron chi connectivity index (χ4n) is 1.64. The Bertz CT molecular complexity index is 520. The average Bonchev–Trinajstić information content (AvgIpc) is 2.85. The first kappa shape index (κ1) is 11.9. The summed E-state index contributed by atoms with van der Waals surface area (Å²) in [6.45, 7) is 2.06. The van der Waals surface area contributed by atoms with Gasteiger partial charge in [0.2, 0.25) is 0 Å². The van der Waals surface area contributed by atoms with Gasteiger partial charge in [0.15, 0.2) is 0 Å². The molecule has 2 aromatic rings. The van der Waals surface area contributed by atoms with Gasteiger partial charge in [-0.05, 0) is 42.3 Å². The molecule has 1 aromatic carbocycles. The van der Waals surface area contributed by atoms with Crippen LogP contribution in [0.3, 0.4) is 0 Å². The van der Waals surface area contributed by atoms with Crippen molar-refractivity contribution in [3.63, 3.8) is 0 Å². The standard InChI is InChI=1S/C13H13BrN2O/c1-2-9-8-10(14)5-6-11(9)16-13(17)12-4-3-7-15-12/h3-8,15H,2H2,1H3,(H,16,17). The lowest BCUT2D eigenvalue weighted by Gasteiger charge is -2.09. The molecule has 2 rings (SSSR count). The number of halogens is 1. The molecule has 0 saturated carbocycles. The average molecular weight is 293 g/mol. The molecule has 3 nitrogen and oxygen atoms in total. The lowest BCUT2D eigenvalue weighted by Crippen LogP contribution is -2.13. The number of carbonyl (C=O) groups excluding carboxylic acids is 1. The van der Waals surface area contributed by atoms with Gasteiger partial charge in [-0.3, -0.25) is 4.79 Å². The molecule has 1 aromatic heterocycles. The molecular formula is C13H13BrN2O. The van der Waals surface area contributed by atoms with Gasteiger partial charge >= 0.3 is 0 Å². The third-order valence-electron chi connectivity index (χ3n) is 2.54. The summed E-state index contributed by atoms with van der Waals surface area (Å²) in [4.78, 5) is 14.8. The highest BCUT2D eigenvalue weighted by molar-refractivity contribution is 9.10. The van der Waals surface area contributed by atoms with E-state index < -0.39 is 0 Å². The lowest BCUT2D eigenvalue weighted by molar-refractivity contribution is 0.102. The van der Waals surface area contributed by atoms with E-state index >= 15 is 0 Å². The van der Waals surface area contributed by atoms with Crippen molar-refractivity contribution in [2.45, 2.75) is 13.3 Å². The molecule has 0 aliphatic rings. The van der Waals surface area contributed by atoms with Gasteiger partial charge < -0.3 is 10.3 Å². The van der Waals surface area contributed by atoms with Gasteiger partial charge in [0.05, 0.1) is 0 Å². The summed E-state index contributed by atoms with van der Waals surface area (Å²) in [7, 11) is 0. The van der Waals surface area contributed by atoms with Crippen LogP contribution in [0.1, 0.15) is 23.0 Å². The van der Waals surface area contributed by atoms with Crippen molar-refractivity contribution in [2.24, 2.45) is 0 Å². The maximum atomic E-state index is 11.9. The highest BCUT2D eigenvalue weighted by atomic mass is 79.9. The minimum absolute atomic E-state index is 0.118. The molecule has 0 spiro atoms. The van der Waals surface area contributed by atoms with E-state index in [0.29, 0.717) is 5.69 Å². The molecule has 1 heterocycles. The van der Waals surface area contributed by atoms with Crippen molar-refractivity contribution in [3.05, 3.63) is 52.3 Å². The van der Waals surface area contributed by atoms with E-state index in [2.05, 4.69) is 33.2 Å². The Morgan fingerprint density at radius 1 is 1.41 bits per heavy atom. The van der Waals surface area contributed by atoms with E-state index in [1.807, 2.05) is 18.2 Å². The van der Waals surface area contributed by atoms with Gasteiger partial charge in [-0.2, -0.15) is 0 Å². The molecule has 0 aliphatic carbocycles. The van der Waals surface area contributed by atoms with Crippen LogP contribution in [0.2, 0.25) is 0 Å². The number of carbonyl (C=O) groups is 1. The Labute approximate surface area is 108 Å². The van der Waals surface area contributed by atoms with Gasteiger partial charge in [0.1, 0.15) is 5.69 Å². The number of nitrogens with one attached hydrogen (secondary N) is 2. The first-order chi connectivity index (χ1) is 8.20. The monoisotopic (exact) mass is 292 g/mol. The normalized spacial score (nSPS) is 10.2. The maximum Gasteiger partial charge on any atom is 0.272 e. The Hall–Kier alpha value is -1.55. The number of hydrogen-bond donors (Lipinski definition) is 2. The number of aromatic nitrogens is 1. The molecule has 0 saturated heterocycles. The van der Waals surface area contributed by atoms with Crippen LogP contribution < -0.4 is 5.32 Å². The van der Waals surface area contributed by atoms with Gasteiger partial charge in [-0.25, -0.2) is 0 Å². The van der Waals surface area contributed by atoms with Gasteiger partial charge in [0.25, 0.3) is 5.91 Å². The quantitative estimate of drug-likeness (QED) is 0.892. The summed E-state index contributed by atoms with van der Waals surface area (Å²) in [6, 6.07) is 9.40. The number of H-pyrrole nitrogens is 1. The predicted octanol–water partition coefficient (Wildman–Crippen LogP) is 3.59. The minimum atomic E-state index is -0.118. The zero-order valence-electron chi connectivity index (χ0n) is 9.46. The van der Waals surface area contributed by atoms with Crippen molar-refractivity contribution < 1.29 is 4.79 Å². The molecule has 0 aliphatic heterocycles. The summed E-state index contributed by atoms with van der Waals surface area (Å²) < 4.78 is 1.02. The van der Waals surface area contributed by atoms with Crippen molar-refractivity contribution >= 4 is 27.5 Å². The number of hydrogen-bond acceptors (Lipinski definition) is 1. The Balaban J connectivity index is 2.21. The van der Waals surface area contributed by atoms with Gasteiger partial charge in [0, 0.05) is 16.4 Å². The molecule has 1 amide bonds. The van der Waals surface area contributed by atoms with Crippen LogP contribution in [0.5, 0.6) is 0 Å². The van der Waals surface area contributed by atoms with Crippen LogP contribution >= 0.6 is 15.9 Å². The van der Waals surface area contributed by atoms with Crippen LogP contribution in [-0.2, 0) is 6.42 Å². The fourth-order valence-corrected chi connectivity index (χ4v) is 2.05. The number of amides is 1. The number of aromatic amines is 1. The molecule has 0 fully saturated rings. The van der Waals surface area contributed by atoms with E-state index in [1.165, 1.54) is 0 Å². The number of aryl methyl sites for hydroxylation is 1. The smallest absolute Gasteiger partial charge is 0.272 e. The zero-order chi connectivity index (χ0) is 12.3. The van der Waals surface area contributed by atoms with E-state index in [-0.39, 0.29) is 5.91 Å². The topological polar surface area (TPSA) is 44.9 Å². The molecule has 0 atom stereocenters. The number of anilines is 1. The van der Waals surface area contributed by atoms with Gasteiger partial charge in [-0.15, -0.1) is 0 Å². The Morgan fingerprint density at radius 2 is 2.24 bits per heavy atom. The molecule has 0 bridgehead atoms. The SMILES string of the molecule is CCc1cc(Br)ccc1NC(=O)c1ccc[nH]1. The second kappa shape index (κ2) is 5.19. The molecule has 0 radical (unpaired) electrons. The van der Waals surface area contributed by atoms with E-state index in [4.69, 9.17) is 0 Å². The highest BCUT2D eigenvalue weighted by Gasteiger charge is 2.08. The second-order valence-electron chi connectivity index (χ2n) is 3.69. The number of benzene rings is 1. The van der Waals surface area contributed by atoms with Crippen molar-refractivity contribution in [3.8, 4) is 0 Å². The lowest BCUT2D eigenvalue weighted by atomic mass is 10.1. The fraction of sp³-hybridized carbons (Fsp3) is 0.154. The molecule has 88 valence electrons. The second-order valence-corrected chi connectivity index (χ2v) is 4.61. The van der Waals surface area contributed by atoms with Crippen LogP contribution in [-0.4, -0.2) is 10.9 Å². The molecule has 17 heavy (non-hydrogen) atoms. The molecule has 4 heteroatoms.